The van der Waals surface area contributed by atoms with Gasteiger partial charge in [-0.15, -0.1) is 22.7 Å². The highest BCUT2D eigenvalue weighted by molar-refractivity contribution is 7.89. The van der Waals surface area contributed by atoms with Gasteiger partial charge in [0.1, 0.15) is 0 Å². The number of thiophene rings is 1. The Kier molecular flexibility index (Phi) is 7.18. The topological polar surface area (TPSA) is 79.4 Å². The van der Waals surface area contributed by atoms with Crippen LogP contribution in [-0.4, -0.2) is 36.7 Å². The van der Waals surface area contributed by atoms with Crippen molar-refractivity contribution in [2.45, 2.75) is 31.6 Å². The van der Waals surface area contributed by atoms with E-state index in [4.69, 9.17) is 0 Å². The molecule has 2 aromatic heterocycles. The molecule has 0 saturated heterocycles. The average molecular weight is 450 g/mol. The molecule has 1 amide bonds. The molecule has 0 saturated carbocycles. The van der Waals surface area contributed by atoms with Crippen LogP contribution >= 0.6 is 22.7 Å². The van der Waals surface area contributed by atoms with Crippen molar-refractivity contribution in [3.8, 4) is 10.6 Å². The highest BCUT2D eigenvalue weighted by Gasteiger charge is 2.21. The maximum absolute atomic E-state index is 12.5. The summed E-state index contributed by atoms with van der Waals surface area (Å²) < 4.78 is 26.5. The van der Waals surface area contributed by atoms with Crippen LogP contribution in [0.4, 0.5) is 5.13 Å². The van der Waals surface area contributed by atoms with Gasteiger partial charge in [0, 0.05) is 24.9 Å². The number of aryl methyl sites for hydroxylation is 1. The average Bonchev–Trinajstić information content (AvgIpc) is 3.39. The number of nitrogens with one attached hydrogen (secondary N) is 1. The molecule has 0 fully saturated rings. The number of carbonyl (C=O) groups is 1. The Morgan fingerprint density at radius 3 is 2.45 bits per heavy atom. The van der Waals surface area contributed by atoms with Crippen molar-refractivity contribution in [3.63, 3.8) is 0 Å². The quantitative estimate of drug-likeness (QED) is 0.523. The number of sulfonamides is 1. The van der Waals surface area contributed by atoms with Gasteiger partial charge in [0.05, 0.1) is 15.5 Å². The van der Waals surface area contributed by atoms with Crippen LogP contribution in [0.1, 0.15) is 25.8 Å². The Morgan fingerprint density at radius 1 is 1.10 bits per heavy atom. The number of anilines is 1. The van der Waals surface area contributed by atoms with Crippen LogP contribution in [0.2, 0.25) is 0 Å². The van der Waals surface area contributed by atoms with Crippen LogP contribution in [0.25, 0.3) is 10.6 Å². The predicted molar refractivity (Wildman–Crippen MR) is 119 cm³/mol. The van der Waals surface area contributed by atoms with Crippen molar-refractivity contribution < 1.29 is 13.2 Å². The molecule has 0 aliphatic rings. The van der Waals surface area contributed by atoms with E-state index in [2.05, 4.69) is 10.3 Å². The van der Waals surface area contributed by atoms with E-state index in [1.165, 1.54) is 15.6 Å². The molecule has 0 atom stereocenters. The van der Waals surface area contributed by atoms with Crippen molar-refractivity contribution in [1.29, 1.82) is 0 Å². The molecular weight excluding hydrogens is 426 g/mol. The van der Waals surface area contributed by atoms with Gasteiger partial charge in [-0.05, 0) is 35.6 Å². The van der Waals surface area contributed by atoms with Crippen LogP contribution in [-0.2, 0) is 21.2 Å². The first-order chi connectivity index (χ1) is 13.9. The zero-order valence-electron chi connectivity index (χ0n) is 16.3. The van der Waals surface area contributed by atoms with Crippen LogP contribution < -0.4 is 5.32 Å². The number of amides is 1. The van der Waals surface area contributed by atoms with E-state index in [1.807, 2.05) is 36.7 Å². The maximum Gasteiger partial charge on any atom is 0.243 e. The number of aromatic nitrogens is 1. The van der Waals surface area contributed by atoms with Crippen molar-refractivity contribution in [1.82, 2.24) is 9.29 Å². The molecule has 0 bridgehead atoms. The minimum Gasteiger partial charge on any atom is -0.302 e. The first kappa shape index (κ1) is 21.6. The largest absolute Gasteiger partial charge is 0.302 e. The lowest BCUT2D eigenvalue weighted by Gasteiger charge is -2.18. The lowest BCUT2D eigenvalue weighted by Crippen LogP contribution is -2.30. The van der Waals surface area contributed by atoms with E-state index in [9.17, 15) is 13.2 Å². The minimum atomic E-state index is -3.46. The van der Waals surface area contributed by atoms with Gasteiger partial charge in [0.15, 0.2) is 5.13 Å². The molecule has 0 radical (unpaired) electrons. The highest BCUT2D eigenvalue weighted by atomic mass is 32.2. The molecule has 29 heavy (non-hydrogen) atoms. The second-order valence-electron chi connectivity index (χ2n) is 6.30. The van der Waals surface area contributed by atoms with E-state index in [1.54, 1.807) is 35.6 Å². The minimum absolute atomic E-state index is 0.114. The molecule has 0 aliphatic heterocycles. The van der Waals surface area contributed by atoms with E-state index >= 15 is 0 Å². The Bertz CT molecular complexity index is 1040. The molecule has 3 rings (SSSR count). The van der Waals surface area contributed by atoms with Gasteiger partial charge >= 0.3 is 0 Å². The molecule has 0 unspecified atom stereocenters. The first-order valence-corrected chi connectivity index (χ1v) is 12.5. The molecule has 1 N–H and O–H groups in total. The monoisotopic (exact) mass is 449 g/mol. The maximum atomic E-state index is 12.5. The smallest absolute Gasteiger partial charge is 0.243 e. The number of thiazole rings is 1. The van der Waals surface area contributed by atoms with E-state index in [0.717, 1.165) is 16.1 Å². The molecule has 3 aromatic rings. The second-order valence-corrected chi connectivity index (χ2v) is 10.0. The van der Waals surface area contributed by atoms with E-state index < -0.39 is 10.0 Å². The fourth-order valence-electron chi connectivity index (χ4n) is 2.85. The Hall–Kier alpha value is -2.07. The van der Waals surface area contributed by atoms with E-state index in [0.29, 0.717) is 31.1 Å². The van der Waals surface area contributed by atoms with Crippen molar-refractivity contribution in [3.05, 3.63) is 52.7 Å². The summed E-state index contributed by atoms with van der Waals surface area (Å²) in [6.07, 6.45) is 0.830. The van der Waals surface area contributed by atoms with Crippen LogP contribution in [0.15, 0.2) is 52.1 Å². The first-order valence-electron chi connectivity index (χ1n) is 9.32. The Balaban J connectivity index is 1.55. The molecule has 0 spiro atoms. The zero-order chi connectivity index (χ0) is 20.9. The normalized spacial score (nSPS) is 11.7. The fraction of sp³-hybridized carbons (Fsp3) is 0.300. The molecular formula is C20H23N3O3S3. The van der Waals surface area contributed by atoms with Gasteiger partial charge in [-0.3, -0.25) is 4.79 Å². The number of nitrogens with zero attached hydrogens (tertiary/aromatic N) is 2. The molecule has 9 heteroatoms. The summed E-state index contributed by atoms with van der Waals surface area (Å²) in [6, 6.07) is 10.7. The Morgan fingerprint density at radius 2 is 1.83 bits per heavy atom. The van der Waals surface area contributed by atoms with Gasteiger partial charge in [-0.25, -0.2) is 13.4 Å². The number of benzene rings is 1. The number of hydrogen-bond acceptors (Lipinski definition) is 6. The molecule has 154 valence electrons. The summed E-state index contributed by atoms with van der Waals surface area (Å²) in [5.74, 6) is -0.114. The third-order valence-electron chi connectivity index (χ3n) is 4.43. The summed E-state index contributed by atoms with van der Waals surface area (Å²) in [5, 5.41) is 7.33. The van der Waals surface area contributed by atoms with Gasteiger partial charge < -0.3 is 5.32 Å². The second kappa shape index (κ2) is 9.62. The SMILES string of the molecule is CCN(CC)S(=O)(=O)c1ccc(CCC(=O)Nc2nc(-c3cccs3)cs2)cc1. The third kappa shape index (κ3) is 5.30. The zero-order valence-corrected chi connectivity index (χ0v) is 18.7. The highest BCUT2D eigenvalue weighted by Crippen LogP contribution is 2.28. The summed E-state index contributed by atoms with van der Waals surface area (Å²) in [4.78, 5) is 18.0. The van der Waals surface area contributed by atoms with Crippen molar-refractivity contribution in [2.75, 3.05) is 18.4 Å². The number of hydrogen-bond donors (Lipinski definition) is 1. The molecule has 0 aliphatic carbocycles. The van der Waals surface area contributed by atoms with Gasteiger partial charge in [0.2, 0.25) is 15.9 Å². The van der Waals surface area contributed by atoms with Crippen molar-refractivity contribution in [2.24, 2.45) is 0 Å². The summed E-state index contributed by atoms with van der Waals surface area (Å²) in [6.45, 7) is 4.51. The van der Waals surface area contributed by atoms with Crippen LogP contribution in [0.5, 0.6) is 0 Å². The van der Waals surface area contributed by atoms with Gasteiger partial charge in [-0.1, -0.05) is 32.0 Å². The standard InChI is InChI=1S/C20H23N3O3S3/c1-3-23(4-2)29(25,26)16-10-7-15(8-11-16)9-12-19(24)22-20-21-17(14-28-20)18-6-5-13-27-18/h5-8,10-11,13-14H,3-4,9,12H2,1-2H3,(H,21,22,24). The fourth-order valence-corrected chi connectivity index (χ4v) is 5.79. The summed E-state index contributed by atoms with van der Waals surface area (Å²) in [7, 11) is -3.46. The number of rotatable bonds is 9. The Labute approximate surface area is 179 Å². The third-order valence-corrected chi connectivity index (χ3v) is 8.15. The lowest BCUT2D eigenvalue weighted by molar-refractivity contribution is -0.116. The van der Waals surface area contributed by atoms with Crippen LogP contribution in [0, 0.1) is 0 Å². The number of carbonyl (C=O) groups excluding carboxylic acids is 1. The van der Waals surface area contributed by atoms with E-state index in [-0.39, 0.29) is 10.8 Å². The molecule has 2 heterocycles. The molecule has 1 aromatic carbocycles. The van der Waals surface area contributed by atoms with Gasteiger partial charge in [0.25, 0.3) is 0 Å². The summed E-state index contributed by atoms with van der Waals surface area (Å²) in [5.41, 5.74) is 1.78. The lowest BCUT2D eigenvalue weighted by atomic mass is 10.1. The molecule has 6 nitrogen and oxygen atoms in total. The van der Waals surface area contributed by atoms with Crippen molar-refractivity contribution >= 4 is 43.7 Å². The van der Waals surface area contributed by atoms with Gasteiger partial charge in [-0.2, -0.15) is 4.31 Å². The van der Waals surface area contributed by atoms with Crippen LogP contribution in [0.3, 0.4) is 0 Å². The summed E-state index contributed by atoms with van der Waals surface area (Å²) >= 11 is 3.01. The predicted octanol–water partition coefficient (Wildman–Crippen LogP) is 4.47.